The molecule has 0 radical (unpaired) electrons. The molecule has 112 valence electrons. The van der Waals surface area contributed by atoms with Gasteiger partial charge in [0.1, 0.15) is 0 Å². The molecule has 0 unspecified atom stereocenters. The van der Waals surface area contributed by atoms with E-state index >= 15 is 0 Å². The van der Waals surface area contributed by atoms with Gasteiger partial charge in [-0.25, -0.2) is 4.79 Å². The molecule has 1 aromatic carbocycles. The lowest BCUT2D eigenvalue weighted by atomic mass is 9.61. The molecule has 3 rings (SSSR count). The van der Waals surface area contributed by atoms with Crippen LogP contribution in [0.4, 0.5) is 0 Å². The van der Waals surface area contributed by atoms with Crippen molar-refractivity contribution in [2.75, 3.05) is 0 Å². The Kier molecular flexibility index (Phi) is 3.31. The first kappa shape index (κ1) is 14.2. The minimum Gasteiger partial charge on any atom is -0.478 e. The summed E-state index contributed by atoms with van der Waals surface area (Å²) in [6.07, 6.45) is 6.13. The van der Waals surface area contributed by atoms with Crippen molar-refractivity contribution in [3.8, 4) is 0 Å². The number of carboxylic acids is 1. The van der Waals surface area contributed by atoms with Gasteiger partial charge in [0.25, 0.3) is 0 Å². The maximum atomic E-state index is 11.9. The first-order chi connectivity index (χ1) is 9.96. The number of hydrogen-bond donors (Lipinski definition) is 2. The van der Waals surface area contributed by atoms with Crippen molar-refractivity contribution in [3.05, 3.63) is 40.0 Å². The summed E-state index contributed by atoms with van der Waals surface area (Å²) in [7, 11) is 0. The highest BCUT2D eigenvalue weighted by atomic mass is 16.4. The first-order valence-electron chi connectivity index (χ1n) is 7.79. The molecule has 1 fully saturated rings. The zero-order valence-corrected chi connectivity index (χ0v) is 12.8. The van der Waals surface area contributed by atoms with Crippen molar-refractivity contribution >= 4 is 11.7 Å². The topological polar surface area (TPSA) is 63.3 Å². The summed E-state index contributed by atoms with van der Waals surface area (Å²) < 4.78 is 0. The Morgan fingerprint density at radius 1 is 1.14 bits per heavy atom. The third kappa shape index (κ3) is 2.06. The summed E-state index contributed by atoms with van der Waals surface area (Å²) in [5.41, 5.74) is 11.6. The molecule has 0 saturated heterocycles. The Labute approximate surface area is 125 Å². The van der Waals surface area contributed by atoms with Crippen LogP contribution >= 0.6 is 0 Å². The van der Waals surface area contributed by atoms with Gasteiger partial charge in [0, 0.05) is 11.0 Å². The Bertz CT molecular complexity index is 637. The molecule has 2 aliphatic rings. The predicted octanol–water partition coefficient (Wildman–Crippen LogP) is 3.56. The van der Waals surface area contributed by atoms with Gasteiger partial charge in [-0.15, -0.1) is 0 Å². The van der Waals surface area contributed by atoms with Crippen molar-refractivity contribution < 1.29 is 9.90 Å². The highest BCUT2D eigenvalue weighted by molar-refractivity contribution is 5.99. The van der Waals surface area contributed by atoms with E-state index in [2.05, 4.69) is 13.0 Å². The van der Waals surface area contributed by atoms with Crippen LogP contribution in [0.3, 0.4) is 0 Å². The molecule has 21 heavy (non-hydrogen) atoms. The molecule has 3 N–H and O–H groups in total. The number of benzene rings is 1. The van der Waals surface area contributed by atoms with E-state index in [4.69, 9.17) is 5.73 Å². The van der Waals surface area contributed by atoms with Crippen LogP contribution in [0, 0.1) is 19.3 Å². The molecular formula is C18H23NO2. The van der Waals surface area contributed by atoms with Gasteiger partial charge in [-0.3, -0.25) is 0 Å². The van der Waals surface area contributed by atoms with Crippen LogP contribution in [0.15, 0.2) is 17.7 Å². The number of nitrogens with two attached hydrogens (primary N) is 1. The third-order valence-electron chi connectivity index (χ3n) is 5.36. The van der Waals surface area contributed by atoms with Crippen LogP contribution in [-0.4, -0.2) is 11.1 Å². The lowest BCUT2D eigenvalue weighted by molar-refractivity contribution is -0.134. The highest BCUT2D eigenvalue weighted by Crippen LogP contribution is 2.51. The molecule has 1 aromatic rings. The molecule has 1 saturated carbocycles. The van der Waals surface area contributed by atoms with Crippen molar-refractivity contribution in [1.29, 1.82) is 0 Å². The summed E-state index contributed by atoms with van der Waals surface area (Å²) >= 11 is 0. The van der Waals surface area contributed by atoms with Crippen LogP contribution in [0.25, 0.3) is 5.70 Å². The fourth-order valence-electron chi connectivity index (χ4n) is 4.31. The van der Waals surface area contributed by atoms with Crippen molar-refractivity contribution in [2.24, 2.45) is 11.1 Å². The molecule has 3 heteroatoms. The quantitative estimate of drug-likeness (QED) is 0.829. The molecule has 0 bridgehead atoms. The number of carbonyl (C=O) groups is 1. The minimum absolute atomic E-state index is 0.250. The summed E-state index contributed by atoms with van der Waals surface area (Å²) in [5, 5.41) is 9.77. The summed E-state index contributed by atoms with van der Waals surface area (Å²) in [5.74, 6) is -0.832. The van der Waals surface area contributed by atoms with E-state index in [-0.39, 0.29) is 5.41 Å². The van der Waals surface area contributed by atoms with E-state index in [9.17, 15) is 9.90 Å². The number of hydrogen-bond acceptors (Lipinski definition) is 2. The van der Waals surface area contributed by atoms with E-state index in [0.29, 0.717) is 11.3 Å². The Hall–Kier alpha value is -1.77. The maximum absolute atomic E-state index is 11.9. The van der Waals surface area contributed by atoms with Gasteiger partial charge in [-0.2, -0.15) is 0 Å². The molecular weight excluding hydrogens is 262 g/mol. The van der Waals surface area contributed by atoms with Crippen molar-refractivity contribution in [1.82, 2.24) is 0 Å². The second-order valence-corrected chi connectivity index (χ2v) is 6.66. The van der Waals surface area contributed by atoms with Gasteiger partial charge in [0.15, 0.2) is 0 Å². The third-order valence-corrected chi connectivity index (χ3v) is 5.36. The summed E-state index contributed by atoms with van der Waals surface area (Å²) in [6, 6.07) is 4.17. The predicted molar refractivity (Wildman–Crippen MR) is 83.9 cm³/mol. The van der Waals surface area contributed by atoms with Gasteiger partial charge < -0.3 is 10.8 Å². The zero-order valence-electron chi connectivity index (χ0n) is 12.8. The monoisotopic (exact) mass is 285 g/mol. The Morgan fingerprint density at radius 3 is 2.38 bits per heavy atom. The maximum Gasteiger partial charge on any atom is 0.334 e. The number of carboxylic acid groups (broad SMARTS) is 1. The largest absolute Gasteiger partial charge is 0.478 e. The van der Waals surface area contributed by atoms with Crippen LogP contribution in [0.5, 0.6) is 0 Å². The number of rotatable bonds is 1. The summed E-state index contributed by atoms with van der Waals surface area (Å²) in [6.45, 7) is 4.12. The molecule has 1 spiro atoms. The summed E-state index contributed by atoms with van der Waals surface area (Å²) in [4.78, 5) is 11.9. The van der Waals surface area contributed by atoms with E-state index in [1.54, 1.807) is 0 Å². The standard InChI is InChI=1S/C18H23NO2/c1-11-6-7-12(2)14-13(11)10-18(8-4-3-5-9-18)15(16(14)19)17(20)21/h6-7H,3-5,8-10,19H2,1-2H3,(H,20,21). The molecule has 3 nitrogen and oxygen atoms in total. The van der Waals surface area contributed by atoms with Gasteiger partial charge in [0.05, 0.1) is 11.3 Å². The minimum atomic E-state index is -0.832. The first-order valence-corrected chi connectivity index (χ1v) is 7.79. The smallest absolute Gasteiger partial charge is 0.334 e. The van der Waals surface area contributed by atoms with Gasteiger partial charge >= 0.3 is 5.97 Å². The fraction of sp³-hybridized carbons (Fsp3) is 0.500. The van der Waals surface area contributed by atoms with Crippen LogP contribution in [0.1, 0.15) is 54.4 Å². The van der Waals surface area contributed by atoms with Crippen molar-refractivity contribution in [2.45, 2.75) is 52.4 Å². The number of aryl methyl sites for hydroxylation is 2. The molecule has 0 aliphatic heterocycles. The fourth-order valence-corrected chi connectivity index (χ4v) is 4.31. The van der Waals surface area contributed by atoms with Crippen LogP contribution < -0.4 is 5.73 Å². The Balaban J connectivity index is 2.27. The van der Waals surface area contributed by atoms with Gasteiger partial charge in [0.2, 0.25) is 0 Å². The van der Waals surface area contributed by atoms with E-state index in [1.807, 2.05) is 13.0 Å². The molecule has 0 aromatic heterocycles. The number of aliphatic carboxylic acids is 1. The molecule has 0 amide bonds. The molecule has 0 atom stereocenters. The van der Waals surface area contributed by atoms with E-state index < -0.39 is 5.97 Å². The number of fused-ring (bicyclic) bond motifs is 1. The van der Waals surface area contributed by atoms with Crippen LogP contribution in [-0.2, 0) is 11.2 Å². The van der Waals surface area contributed by atoms with Crippen LogP contribution in [0.2, 0.25) is 0 Å². The average molecular weight is 285 g/mol. The SMILES string of the molecule is Cc1ccc(C)c2c1CC1(CCCCC1)C(C(=O)O)=C2N. The Morgan fingerprint density at radius 2 is 1.76 bits per heavy atom. The average Bonchev–Trinajstić information content (AvgIpc) is 2.43. The van der Waals surface area contributed by atoms with E-state index in [1.165, 1.54) is 17.5 Å². The van der Waals surface area contributed by atoms with Gasteiger partial charge in [-0.05, 0) is 49.8 Å². The zero-order chi connectivity index (χ0) is 15.2. The second kappa shape index (κ2) is 4.90. The second-order valence-electron chi connectivity index (χ2n) is 6.66. The lowest BCUT2D eigenvalue weighted by Gasteiger charge is -2.43. The lowest BCUT2D eigenvalue weighted by Crippen LogP contribution is -2.38. The van der Waals surface area contributed by atoms with Crippen molar-refractivity contribution in [3.63, 3.8) is 0 Å². The normalized spacial score (nSPS) is 20.5. The molecule has 2 aliphatic carbocycles. The van der Waals surface area contributed by atoms with Gasteiger partial charge in [-0.1, -0.05) is 31.4 Å². The van der Waals surface area contributed by atoms with E-state index in [0.717, 1.165) is 43.2 Å². The highest BCUT2D eigenvalue weighted by Gasteiger charge is 2.44. The molecule has 0 heterocycles.